The van der Waals surface area contributed by atoms with E-state index in [1.54, 1.807) is 18.3 Å². The highest BCUT2D eigenvalue weighted by Gasteiger charge is 2.26. The SMILES string of the molecule is CCNCC1CCN(C(=O)c2cn[nH]c2-c2ccc(F)cc2)CC1.Cl. The van der Waals surface area contributed by atoms with E-state index >= 15 is 0 Å². The molecule has 3 rings (SSSR count). The lowest BCUT2D eigenvalue weighted by molar-refractivity contribution is 0.0691. The van der Waals surface area contributed by atoms with E-state index in [0.717, 1.165) is 44.6 Å². The molecule has 2 heterocycles. The summed E-state index contributed by atoms with van der Waals surface area (Å²) in [5, 5.41) is 10.3. The van der Waals surface area contributed by atoms with Crippen molar-refractivity contribution in [3.63, 3.8) is 0 Å². The van der Waals surface area contributed by atoms with Crippen molar-refractivity contribution in [2.45, 2.75) is 19.8 Å². The van der Waals surface area contributed by atoms with Gasteiger partial charge in [-0.3, -0.25) is 9.89 Å². The van der Waals surface area contributed by atoms with Crippen molar-refractivity contribution < 1.29 is 9.18 Å². The number of amides is 1. The summed E-state index contributed by atoms with van der Waals surface area (Å²) in [6.45, 7) is 5.64. The number of rotatable bonds is 5. The molecule has 1 aliphatic heterocycles. The van der Waals surface area contributed by atoms with E-state index in [0.29, 0.717) is 17.2 Å². The van der Waals surface area contributed by atoms with E-state index in [4.69, 9.17) is 0 Å². The molecule has 2 aromatic rings. The minimum atomic E-state index is -0.297. The summed E-state index contributed by atoms with van der Waals surface area (Å²) < 4.78 is 13.1. The van der Waals surface area contributed by atoms with Gasteiger partial charge >= 0.3 is 0 Å². The Bertz CT molecular complexity index is 681. The smallest absolute Gasteiger partial charge is 0.257 e. The van der Waals surface area contributed by atoms with Gasteiger partial charge in [0.25, 0.3) is 5.91 Å². The zero-order valence-corrected chi connectivity index (χ0v) is 15.1. The Morgan fingerprint density at radius 3 is 2.64 bits per heavy atom. The molecule has 0 aliphatic carbocycles. The van der Waals surface area contributed by atoms with Crippen LogP contribution in [0.2, 0.25) is 0 Å². The molecule has 25 heavy (non-hydrogen) atoms. The van der Waals surface area contributed by atoms with E-state index in [9.17, 15) is 9.18 Å². The Balaban J connectivity index is 0.00000225. The number of nitrogens with zero attached hydrogens (tertiary/aromatic N) is 2. The van der Waals surface area contributed by atoms with E-state index in [2.05, 4.69) is 22.4 Å². The van der Waals surface area contributed by atoms with Gasteiger partial charge < -0.3 is 10.2 Å². The van der Waals surface area contributed by atoms with Crippen LogP contribution < -0.4 is 5.32 Å². The summed E-state index contributed by atoms with van der Waals surface area (Å²) in [7, 11) is 0. The fourth-order valence-corrected chi connectivity index (χ4v) is 3.14. The largest absolute Gasteiger partial charge is 0.339 e. The summed E-state index contributed by atoms with van der Waals surface area (Å²) in [5.41, 5.74) is 1.96. The Morgan fingerprint density at radius 1 is 1.32 bits per heavy atom. The Kier molecular flexibility index (Phi) is 6.96. The second kappa shape index (κ2) is 8.97. The van der Waals surface area contributed by atoms with Crippen LogP contribution in [0.15, 0.2) is 30.5 Å². The molecule has 1 aromatic carbocycles. The van der Waals surface area contributed by atoms with Gasteiger partial charge in [0.2, 0.25) is 0 Å². The van der Waals surface area contributed by atoms with Gasteiger partial charge in [0, 0.05) is 18.7 Å². The predicted molar refractivity (Wildman–Crippen MR) is 98.4 cm³/mol. The van der Waals surface area contributed by atoms with Gasteiger partial charge in [0.1, 0.15) is 5.82 Å². The van der Waals surface area contributed by atoms with Crippen LogP contribution in [0.4, 0.5) is 4.39 Å². The number of nitrogens with one attached hydrogen (secondary N) is 2. The van der Waals surface area contributed by atoms with Crippen molar-refractivity contribution in [3.05, 3.63) is 41.8 Å². The van der Waals surface area contributed by atoms with Crippen LogP contribution in [-0.2, 0) is 0 Å². The molecule has 0 radical (unpaired) electrons. The number of benzene rings is 1. The number of likely N-dealkylation sites (tertiary alicyclic amines) is 1. The first-order chi connectivity index (χ1) is 11.7. The fourth-order valence-electron chi connectivity index (χ4n) is 3.14. The summed E-state index contributed by atoms with van der Waals surface area (Å²) in [6, 6.07) is 6.08. The molecule has 0 spiro atoms. The summed E-state index contributed by atoms with van der Waals surface area (Å²) >= 11 is 0. The molecule has 5 nitrogen and oxygen atoms in total. The summed E-state index contributed by atoms with van der Waals surface area (Å²) in [4.78, 5) is 14.7. The number of halogens is 2. The molecule has 0 unspecified atom stereocenters. The van der Waals surface area contributed by atoms with Crippen LogP contribution >= 0.6 is 12.4 Å². The van der Waals surface area contributed by atoms with Gasteiger partial charge in [-0.1, -0.05) is 6.92 Å². The first-order valence-electron chi connectivity index (χ1n) is 8.48. The second-order valence-electron chi connectivity index (χ2n) is 6.21. The van der Waals surface area contributed by atoms with Gasteiger partial charge in [0.15, 0.2) is 0 Å². The lowest BCUT2D eigenvalue weighted by Crippen LogP contribution is -2.40. The van der Waals surface area contributed by atoms with Gasteiger partial charge in [-0.25, -0.2) is 4.39 Å². The fraction of sp³-hybridized carbons (Fsp3) is 0.444. The number of H-pyrrole nitrogens is 1. The molecule has 0 saturated carbocycles. The van der Waals surface area contributed by atoms with Crippen LogP contribution in [0.1, 0.15) is 30.1 Å². The number of hydrogen-bond donors (Lipinski definition) is 2. The number of aromatic nitrogens is 2. The molecule has 7 heteroatoms. The molecule has 1 aliphatic rings. The number of carbonyl (C=O) groups excluding carboxylic acids is 1. The number of piperidine rings is 1. The summed E-state index contributed by atoms with van der Waals surface area (Å²) in [6.07, 6.45) is 3.59. The minimum Gasteiger partial charge on any atom is -0.339 e. The lowest BCUT2D eigenvalue weighted by atomic mass is 9.96. The monoisotopic (exact) mass is 366 g/mol. The highest BCUT2D eigenvalue weighted by molar-refractivity contribution is 5.99. The third kappa shape index (κ3) is 4.58. The third-order valence-electron chi connectivity index (χ3n) is 4.59. The molecule has 136 valence electrons. The molecular formula is C18H24ClFN4O. The van der Waals surface area contributed by atoms with Crippen LogP contribution in [0.5, 0.6) is 0 Å². The highest BCUT2D eigenvalue weighted by Crippen LogP contribution is 2.25. The Morgan fingerprint density at radius 2 is 2.00 bits per heavy atom. The molecule has 1 fully saturated rings. The van der Waals surface area contributed by atoms with E-state index in [-0.39, 0.29) is 24.1 Å². The molecule has 2 N–H and O–H groups in total. The third-order valence-corrected chi connectivity index (χ3v) is 4.59. The maximum Gasteiger partial charge on any atom is 0.257 e. The van der Waals surface area contributed by atoms with Crippen molar-refractivity contribution in [2.75, 3.05) is 26.2 Å². The van der Waals surface area contributed by atoms with Crippen LogP contribution in [-0.4, -0.2) is 47.2 Å². The zero-order valence-electron chi connectivity index (χ0n) is 14.3. The molecule has 0 atom stereocenters. The zero-order chi connectivity index (χ0) is 16.9. The quantitative estimate of drug-likeness (QED) is 0.854. The average molecular weight is 367 g/mol. The first kappa shape index (κ1) is 19.4. The van der Waals surface area contributed by atoms with Crippen molar-refractivity contribution in [3.8, 4) is 11.3 Å². The van der Waals surface area contributed by atoms with E-state index < -0.39 is 0 Å². The minimum absolute atomic E-state index is 0. The number of aromatic amines is 1. The molecule has 0 bridgehead atoms. The van der Waals surface area contributed by atoms with Crippen LogP contribution in [0.25, 0.3) is 11.3 Å². The summed E-state index contributed by atoms with van der Waals surface area (Å²) in [5.74, 6) is 0.328. The van der Waals surface area contributed by atoms with Crippen molar-refractivity contribution >= 4 is 18.3 Å². The van der Waals surface area contributed by atoms with Gasteiger partial charge in [-0.2, -0.15) is 5.10 Å². The number of carbonyl (C=O) groups is 1. The van der Waals surface area contributed by atoms with E-state index in [1.165, 1.54) is 12.1 Å². The van der Waals surface area contributed by atoms with Crippen LogP contribution in [0.3, 0.4) is 0 Å². The topological polar surface area (TPSA) is 61.0 Å². The van der Waals surface area contributed by atoms with Crippen molar-refractivity contribution in [1.29, 1.82) is 0 Å². The van der Waals surface area contributed by atoms with E-state index in [1.807, 2.05) is 4.90 Å². The van der Waals surface area contributed by atoms with Crippen molar-refractivity contribution in [2.24, 2.45) is 5.92 Å². The normalized spacial score (nSPS) is 15.0. The molecule has 1 aromatic heterocycles. The molecule has 1 amide bonds. The molecule has 1 saturated heterocycles. The Labute approximate surface area is 153 Å². The van der Waals surface area contributed by atoms with Gasteiger partial charge in [-0.05, 0) is 56.1 Å². The number of hydrogen-bond acceptors (Lipinski definition) is 3. The lowest BCUT2D eigenvalue weighted by Gasteiger charge is -2.32. The first-order valence-corrected chi connectivity index (χ1v) is 8.48. The van der Waals surface area contributed by atoms with Crippen molar-refractivity contribution in [1.82, 2.24) is 20.4 Å². The molecular weight excluding hydrogens is 343 g/mol. The maximum absolute atomic E-state index is 13.1. The highest BCUT2D eigenvalue weighted by atomic mass is 35.5. The predicted octanol–water partition coefficient (Wildman–Crippen LogP) is 3.10. The maximum atomic E-state index is 13.1. The standard InChI is InChI=1S/C18H23FN4O.ClH/c1-2-20-11-13-7-9-23(10-8-13)18(24)16-12-21-22-17(16)14-3-5-15(19)6-4-14;/h3-6,12-13,20H,2,7-11H2,1H3,(H,21,22);1H. The van der Waals surface area contributed by atoms with Gasteiger partial charge in [0.05, 0.1) is 17.5 Å². The second-order valence-corrected chi connectivity index (χ2v) is 6.21. The van der Waals surface area contributed by atoms with Crippen LogP contribution in [0, 0.1) is 11.7 Å². The average Bonchev–Trinajstić information content (AvgIpc) is 3.10. The van der Waals surface area contributed by atoms with Gasteiger partial charge in [-0.15, -0.1) is 12.4 Å². The Hall–Kier alpha value is -1.92.